The van der Waals surface area contributed by atoms with E-state index in [1.54, 1.807) is 22.5 Å². The lowest BCUT2D eigenvalue weighted by Gasteiger charge is -1.95. The van der Waals surface area contributed by atoms with Crippen LogP contribution in [-0.2, 0) is 0 Å². The normalized spacial score (nSPS) is 10.4. The van der Waals surface area contributed by atoms with Gasteiger partial charge in [-0.3, -0.25) is 14.7 Å². The van der Waals surface area contributed by atoms with E-state index < -0.39 is 0 Å². The third-order valence-corrected chi connectivity index (χ3v) is 2.68. The van der Waals surface area contributed by atoms with E-state index in [2.05, 4.69) is 4.98 Å². The summed E-state index contributed by atoms with van der Waals surface area (Å²) in [7, 11) is 0. The van der Waals surface area contributed by atoms with Crippen LogP contribution in [0.1, 0.15) is 5.69 Å². The summed E-state index contributed by atoms with van der Waals surface area (Å²) >= 11 is 1.33. The number of nitrogens with zero attached hydrogens (tertiary/aromatic N) is 3. The van der Waals surface area contributed by atoms with E-state index in [1.807, 2.05) is 6.92 Å². The molecule has 0 aliphatic carbocycles. The smallest absolute Gasteiger partial charge is 0.292 e. The molecule has 0 saturated carbocycles. The van der Waals surface area contributed by atoms with Gasteiger partial charge in [0.25, 0.3) is 0 Å². The number of aryl methyl sites for hydroxylation is 1. The number of hydrogen-bond acceptors (Lipinski definition) is 4. The van der Waals surface area contributed by atoms with Crippen LogP contribution in [0.4, 0.5) is 5.69 Å². The van der Waals surface area contributed by atoms with Gasteiger partial charge in [0.05, 0.1) is 10.6 Å². The highest BCUT2D eigenvalue weighted by molar-refractivity contribution is 7.13. The summed E-state index contributed by atoms with van der Waals surface area (Å²) in [5.41, 5.74) is 0.958. The van der Waals surface area contributed by atoms with Gasteiger partial charge in [0.1, 0.15) is 6.33 Å². The van der Waals surface area contributed by atoms with Crippen molar-refractivity contribution >= 4 is 17.0 Å². The highest BCUT2D eigenvalue weighted by Gasteiger charge is 2.16. The maximum Gasteiger partial charge on any atom is 0.304 e. The lowest BCUT2D eigenvalue weighted by molar-refractivity contribution is -0.384. The predicted molar refractivity (Wildman–Crippen MR) is 52.8 cm³/mol. The zero-order chi connectivity index (χ0) is 10.1. The Hall–Kier alpha value is -1.69. The Labute approximate surface area is 83.8 Å². The average Bonchev–Trinajstić information content (AvgIpc) is 2.70. The van der Waals surface area contributed by atoms with Gasteiger partial charge in [-0.15, -0.1) is 11.3 Å². The van der Waals surface area contributed by atoms with Gasteiger partial charge in [-0.2, -0.15) is 0 Å². The van der Waals surface area contributed by atoms with Crippen LogP contribution in [0.25, 0.3) is 5.00 Å². The first-order chi connectivity index (χ1) is 6.68. The third kappa shape index (κ3) is 1.39. The van der Waals surface area contributed by atoms with Gasteiger partial charge in [-0.05, 0) is 12.3 Å². The van der Waals surface area contributed by atoms with E-state index >= 15 is 0 Å². The molecule has 0 saturated heterocycles. The third-order valence-electron chi connectivity index (χ3n) is 1.77. The molecule has 0 atom stereocenters. The van der Waals surface area contributed by atoms with E-state index in [-0.39, 0.29) is 10.6 Å². The van der Waals surface area contributed by atoms with Crippen LogP contribution in [0.3, 0.4) is 0 Å². The first-order valence-corrected chi connectivity index (χ1v) is 4.79. The molecule has 14 heavy (non-hydrogen) atoms. The maximum absolute atomic E-state index is 10.6. The molecule has 0 aliphatic rings. The molecule has 0 bridgehead atoms. The van der Waals surface area contributed by atoms with Crippen molar-refractivity contribution in [2.24, 2.45) is 0 Å². The van der Waals surface area contributed by atoms with E-state index in [0.29, 0.717) is 5.00 Å². The van der Waals surface area contributed by atoms with Crippen LogP contribution < -0.4 is 0 Å². The average molecular weight is 209 g/mol. The van der Waals surface area contributed by atoms with Crippen molar-refractivity contribution in [1.29, 1.82) is 0 Å². The van der Waals surface area contributed by atoms with Gasteiger partial charge in [0.15, 0.2) is 5.00 Å². The highest BCUT2D eigenvalue weighted by Crippen LogP contribution is 2.28. The number of nitro groups is 1. The van der Waals surface area contributed by atoms with E-state index in [1.165, 1.54) is 17.4 Å². The molecular weight excluding hydrogens is 202 g/mol. The molecule has 0 spiro atoms. The Balaban J connectivity index is 2.51. The molecule has 0 amide bonds. The zero-order valence-corrected chi connectivity index (χ0v) is 8.19. The molecule has 0 fully saturated rings. The summed E-state index contributed by atoms with van der Waals surface area (Å²) in [6, 6.07) is 1.50. The quantitative estimate of drug-likeness (QED) is 0.562. The molecule has 2 heterocycles. The second-order valence-corrected chi connectivity index (χ2v) is 3.68. The second-order valence-electron chi connectivity index (χ2n) is 2.79. The molecule has 6 heteroatoms. The number of rotatable bonds is 2. The Morgan fingerprint density at radius 1 is 1.64 bits per heavy atom. The lowest BCUT2D eigenvalue weighted by atomic mass is 10.5. The topological polar surface area (TPSA) is 61.0 Å². The fourth-order valence-corrected chi connectivity index (χ4v) is 1.97. The minimum absolute atomic E-state index is 0.118. The van der Waals surface area contributed by atoms with Crippen molar-refractivity contribution in [2.45, 2.75) is 6.92 Å². The first-order valence-electron chi connectivity index (χ1n) is 3.91. The van der Waals surface area contributed by atoms with Crippen molar-refractivity contribution in [3.63, 3.8) is 0 Å². The monoisotopic (exact) mass is 209 g/mol. The van der Waals surface area contributed by atoms with E-state index in [0.717, 1.165) is 5.69 Å². The first kappa shape index (κ1) is 8.89. The Kier molecular flexibility index (Phi) is 2.05. The number of aromatic nitrogens is 2. The molecular formula is C8H7N3O2S. The zero-order valence-electron chi connectivity index (χ0n) is 7.38. The molecule has 0 aromatic carbocycles. The largest absolute Gasteiger partial charge is 0.304 e. The van der Waals surface area contributed by atoms with Gasteiger partial charge < -0.3 is 0 Å². The minimum atomic E-state index is -0.388. The highest BCUT2D eigenvalue weighted by atomic mass is 32.1. The number of thiophene rings is 1. The number of imidazole rings is 1. The van der Waals surface area contributed by atoms with Crippen molar-refractivity contribution in [1.82, 2.24) is 9.55 Å². The Bertz CT molecular complexity index is 474. The van der Waals surface area contributed by atoms with Gasteiger partial charge >= 0.3 is 5.69 Å². The lowest BCUT2D eigenvalue weighted by Crippen LogP contribution is -1.93. The van der Waals surface area contributed by atoms with Gasteiger partial charge in [-0.25, -0.2) is 4.98 Å². The van der Waals surface area contributed by atoms with Crippen LogP contribution in [-0.4, -0.2) is 14.5 Å². The summed E-state index contributed by atoms with van der Waals surface area (Å²) in [6.07, 6.45) is 3.34. The van der Waals surface area contributed by atoms with Gasteiger partial charge in [-0.1, -0.05) is 0 Å². The molecule has 72 valence electrons. The standard InChI is InChI=1S/C8H7N3O2S/c1-6-4-10(5-9-6)8-7(11(12)13)2-3-14-8/h2-5H,1H3. The summed E-state index contributed by atoms with van der Waals surface area (Å²) in [5, 5.41) is 12.9. The van der Waals surface area contributed by atoms with Crippen molar-refractivity contribution in [2.75, 3.05) is 0 Å². The predicted octanol–water partition coefficient (Wildman–Crippen LogP) is 2.15. The summed E-state index contributed by atoms with van der Waals surface area (Å²) < 4.78 is 1.66. The van der Waals surface area contributed by atoms with Crippen molar-refractivity contribution in [3.8, 4) is 5.00 Å². The maximum atomic E-state index is 10.6. The van der Waals surface area contributed by atoms with Crippen LogP contribution in [0, 0.1) is 17.0 Å². The second kappa shape index (κ2) is 3.22. The molecule has 2 aromatic rings. The van der Waals surface area contributed by atoms with E-state index in [9.17, 15) is 10.1 Å². The Morgan fingerprint density at radius 3 is 3.00 bits per heavy atom. The molecule has 0 aliphatic heterocycles. The summed E-state index contributed by atoms with van der Waals surface area (Å²) in [4.78, 5) is 14.3. The summed E-state index contributed by atoms with van der Waals surface area (Å²) in [5.74, 6) is 0. The minimum Gasteiger partial charge on any atom is -0.292 e. The van der Waals surface area contributed by atoms with Gasteiger partial charge in [0.2, 0.25) is 0 Å². The molecule has 2 aromatic heterocycles. The Morgan fingerprint density at radius 2 is 2.43 bits per heavy atom. The molecule has 0 unspecified atom stereocenters. The molecule has 2 rings (SSSR count). The van der Waals surface area contributed by atoms with Crippen LogP contribution in [0.2, 0.25) is 0 Å². The fraction of sp³-hybridized carbons (Fsp3) is 0.125. The molecule has 0 N–H and O–H groups in total. The summed E-state index contributed by atoms with van der Waals surface area (Å²) in [6.45, 7) is 1.84. The SMILES string of the molecule is Cc1cn(-c2sccc2[N+](=O)[O-])cn1. The fourth-order valence-electron chi connectivity index (χ4n) is 1.16. The molecule has 0 radical (unpaired) electrons. The van der Waals surface area contributed by atoms with E-state index in [4.69, 9.17) is 0 Å². The van der Waals surface area contributed by atoms with Crippen LogP contribution >= 0.6 is 11.3 Å². The van der Waals surface area contributed by atoms with Gasteiger partial charge in [0, 0.05) is 12.3 Å². The van der Waals surface area contributed by atoms with Crippen LogP contribution in [0.15, 0.2) is 24.0 Å². The van der Waals surface area contributed by atoms with Crippen LogP contribution in [0.5, 0.6) is 0 Å². The molecule has 5 nitrogen and oxygen atoms in total. The van der Waals surface area contributed by atoms with Crippen molar-refractivity contribution in [3.05, 3.63) is 39.8 Å². The number of hydrogen-bond donors (Lipinski definition) is 0. The van der Waals surface area contributed by atoms with Crippen molar-refractivity contribution < 1.29 is 4.92 Å².